The van der Waals surface area contributed by atoms with Gasteiger partial charge in [-0.15, -0.1) is 0 Å². The molecule has 2 amide bonds. The molecule has 0 aliphatic rings. The fourth-order valence-electron chi connectivity index (χ4n) is 2.57. The normalized spacial score (nSPS) is 10.7. The van der Waals surface area contributed by atoms with Crippen molar-refractivity contribution in [1.82, 2.24) is 10.2 Å². The highest BCUT2D eigenvalue weighted by molar-refractivity contribution is 5.94. The number of hydrogen-bond acceptors (Lipinski definition) is 2. The van der Waals surface area contributed by atoms with Crippen LogP contribution in [-0.2, 0) is 6.42 Å². The Bertz CT molecular complexity index is 783. The average molecular weight is 356 g/mol. The average Bonchev–Trinajstić information content (AvgIpc) is 2.60. The molecular formula is C21H25FN2O2. The Balaban J connectivity index is 1.93. The maximum Gasteiger partial charge on any atom is 0.253 e. The quantitative estimate of drug-likeness (QED) is 0.859. The monoisotopic (exact) mass is 356 g/mol. The summed E-state index contributed by atoms with van der Waals surface area (Å²) in [6, 6.07) is 11.7. The van der Waals surface area contributed by atoms with Gasteiger partial charge in [0.05, 0.1) is 0 Å². The van der Waals surface area contributed by atoms with E-state index in [4.69, 9.17) is 0 Å². The molecule has 2 aromatic carbocycles. The van der Waals surface area contributed by atoms with Crippen LogP contribution in [0.4, 0.5) is 4.39 Å². The molecule has 0 spiro atoms. The van der Waals surface area contributed by atoms with Crippen molar-refractivity contribution in [1.29, 1.82) is 0 Å². The third-order valence-electron chi connectivity index (χ3n) is 4.16. The predicted octanol–water partition coefficient (Wildman–Crippen LogP) is 3.62. The van der Waals surface area contributed by atoms with Gasteiger partial charge in [0.2, 0.25) is 0 Å². The van der Waals surface area contributed by atoms with Gasteiger partial charge in [-0.25, -0.2) is 4.39 Å². The minimum Gasteiger partial charge on any atom is -0.352 e. The molecule has 0 aliphatic carbocycles. The van der Waals surface area contributed by atoms with Crippen molar-refractivity contribution in [3.63, 3.8) is 0 Å². The van der Waals surface area contributed by atoms with Crippen molar-refractivity contribution in [2.75, 3.05) is 20.6 Å². The highest BCUT2D eigenvalue weighted by Gasteiger charge is 2.11. The summed E-state index contributed by atoms with van der Waals surface area (Å²) in [5.41, 5.74) is 2.78. The number of rotatable bonds is 6. The molecule has 0 saturated heterocycles. The Morgan fingerprint density at radius 2 is 1.69 bits per heavy atom. The molecule has 2 rings (SSSR count). The summed E-state index contributed by atoms with van der Waals surface area (Å²) in [6.07, 6.45) is 0.633. The summed E-state index contributed by atoms with van der Waals surface area (Å²) >= 11 is 0. The van der Waals surface area contributed by atoms with Crippen LogP contribution in [0.5, 0.6) is 0 Å². The first-order chi connectivity index (χ1) is 12.3. The van der Waals surface area contributed by atoms with E-state index in [1.807, 2.05) is 26.0 Å². The molecular weight excluding hydrogens is 331 g/mol. The molecule has 0 heterocycles. The van der Waals surface area contributed by atoms with E-state index in [1.165, 1.54) is 17.0 Å². The van der Waals surface area contributed by atoms with Crippen LogP contribution < -0.4 is 5.32 Å². The van der Waals surface area contributed by atoms with Crippen LogP contribution >= 0.6 is 0 Å². The zero-order valence-corrected chi connectivity index (χ0v) is 15.7. The highest BCUT2D eigenvalue weighted by Crippen LogP contribution is 2.18. The number of carbonyl (C=O) groups excluding carboxylic acids is 2. The van der Waals surface area contributed by atoms with Crippen LogP contribution in [-0.4, -0.2) is 37.4 Å². The number of amides is 2. The van der Waals surface area contributed by atoms with Crippen molar-refractivity contribution >= 4 is 11.8 Å². The van der Waals surface area contributed by atoms with Gasteiger partial charge in [0.15, 0.2) is 0 Å². The fourth-order valence-corrected chi connectivity index (χ4v) is 2.57. The molecule has 0 radical (unpaired) electrons. The number of benzene rings is 2. The summed E-state index contributed by atoms with van der Waals surface area (Å²) in [4.78, 5) is 25.6. The molecule has 0 aliphatic heterocycles. The number of halogens is 1. The van der Waals surface area contributed by atoms with Gasteiger partial charge in [0.1, 0.15) is 5.82 Å². The SMILES string of the molecule is CC(C)c1cc(F)cc(C(=O)NCCc2ccc(C(=O)N(C)C)cc2)c1. The second kappa shape index (κ2) is 8.61. The summed E-state index contributed by atoms with van der Waals surface area (Å²) in [7, 11) is 3.42. The minimum absolute atomic E-state index is 0.0445. The first-order valence-corrected chi connectivity index (χ1v) is 8.67. The minimum atomic E-state index is -0.400. The van der Waals surface area contributed by atoms with Crippen molar-refractivity contribution < 1.29 is 14.0 Å². The van der Waals surface area contributed by atoms with E-state index in [2.05, 4.69) is 5.32 Å². The van der Waals surface area contributed by atoms with E-state index in [9.17, 15) is 14.0 Å². The third-order valence-corrected chi connectivity index (χ3v) is 4.16. The number of nitrogens with one attached hydrogen (secondary N) is 1. The van der Waals surface area contributed by atoms with Gasteiger partial charge in [0, 0.05) is 31.8 Å². The van der Waals surface area contributed by atoms with Crippen LogP contribution in [0.15, 0.2) is 42.5 Å². The van der Waals surface area contributed by atoms with Gasteiger partial charge in [-0.05, 0) is 53.8 Å². The van der Waals surface area contributed by atoms with E-state index < -0.39 is 5.82 Å². The Labute approximate surface area is 154 Å². The Morgan fingerprint density at radius 3 is 2.27 bits per heavy atom. The largest absolute Gasteiger partial charge is 0.352 e. The number of hydrogen-bond donors (Lipinski definition) is 1. The summed E-state index contributed by atoms with van der Waals surface area (Å²) < 4.78 is 13.7. The Morgan fingerprint density at radius 1 is 1.04 bits per heavy atom. The highest BCUT2D eigenvalue weighted by atomic mass is 19.1. The van der Waals surface area contributed by atoms with Crippen LogP contribution in [0.1, 0.15) is 51.6 Å². The molecule has 5 heteroatoms. The molecule has 138 valence electrons. The van der Waals surface area contributed by atoms with E-state index in [-0.39, 0.29) is 17.7 Å². The zero-order valence-electron chi connectivity index (χ0n) is 15.7. The van der Waals surface area contributed by atoms with Gasteiger partial charge in [-0.1, -0.05) is 26.0 Å². The molecule has 0 bridgehead atoms. The fraction of sp³-hybridized carbons (Fsp3) is 0.333. The number of nitrogens with zero attached hydrogens (tertiary/aromatic N) is 1. The molecule has 26 heavy (non-hydrogen) atoms. The smallest absolute Gasteiger partial charge is 0.253 e. The third kappa shape index (κ3) is 5.15. The maximum atomic E-state index is 13.7. The van der Waals surface area contributed by atoms with E-state index in [1.54, 1.807) is 32.3 Å². The van der Waals surface area contributed by atoms with E-state index >= 15 is 0 Å². The lowest BCUT2D eigenvalue weighted by atomic mass is 10.0. The topological polar surface area (TPSA) is 49.4 Å². The molecule has 2 aromatic rings. The molecule has 0 aromatic heterocycles. The Kier molecular flexibility index (Phi) is 6.50. The lowest BCUT2D eigenvalue weighted by Crippen LogP contribution is -2.26. The summed E-state index contributed by atoms with van der Waals surface area (Å²) in [5.74, 6) is -0.578. The van der Waals surface area contributed by atoms with Crippen LogP contribution in [0.25, 0.3) is 0 Å². The summed E-state index contributed by atoms with van der Waals surface area (Å²) in [5, 5.41) is 2.82. The first kappa shape index (κ1) is 19.6. The summed E-state index contributed by atoms with van der Waals surface area (Å²) in [6.45, 7) is 4.36. The van der Waals surface area contributed by atoms with Crippen molar-refractivity contribution in [3.05, 3.63) is 70.5 Å². The van der Waals surface area contributed by atoms with Crippen molar-refractivity contribution in [2.45, 2.75) is 26.2 Å². The van der Waals surface area contributed by atoms with Gasteiger partial charge in [-0.2, -0.15) is 0 Å². The van der Waals surface area contributed by atoms with E-state index in [0.717, 1.165) is 11.1 Å². The van der Waals surface area contributed by atoms with Crippen molar-refractivity contribution in [2.24, 2.45) is 0 Å². The molecule has 0 unspecified atom stereocenters. The predicted molar refractivity (Wildman–Crippen MR) is 101 cm³/mol. The van der Waals surface area contributed by atoms with Crippen LogP contribution in [0.3, 0.4) is 0 Å². The van der Waals surface area contributed by atoms with Gasteiger partial charge in [-0.3, -0.25) is 9.59 Å². The van der Waals surface area contributed by atoms with E-state index in [0.29, 0.717) is 24.1 Å². The molecule has 0 atom stereocenters. The molecule has 1 N–H and O–H groups in total. The first-order valence-electron chi connectivity index (χ1n) is 8.67. The maximum absolute atomic E-state index is 13.7. The number of carbonyl (C=O) groups is 2. The molecule has 0 fully saturated rings. The van der Waals surface area contributed by atoms with Crippen LogP contribution in [0.2, 0.25) is 0 Å². The zero-order chi connectivity index (χ0) is 19.3. The van der Waals surface area contributed by atoms with Gasteiger partial charge < -0.3 is 10.2 Å². The standard InChI is InChI=1S/C21H25FN2O2/c1-14(2)17-11-18(13-19(22)12-17)20(25)23-10-9-15-5-7-16(8-6-15)21(26)24(3)4/h5-8,11-14H,9-10H2,1-4H3,(H,23,25). The molecule has 0 saturated carbocycles. The lowest BCUT2D eigenvalue weighted by molar-refractivity contribution is 0.0827. The molecule has 4 nitrogen and oxygen atoms in total. The second-order valence-corrected chi connectivity index (χ2v) is 6.83. The Hall–Kier alpha value is -2.69. The van der Waals surface area contributed by atoms with Crippen LogP contribution in [0, 0.1) is 5.82 Å². The second-order valence-electron chi connectivity index (χ2n) is 6.83. The van der Waals surface area contributed by atoms with Gasteiger partial charge in [0.25, 0.3) is 11.8 Å². The van der Waals surface area contributed by atoms with Crippen molar-refractivity contribution in [3.8, 4) is 0 Å². The van der Waals surface area contributed by atoms with Gasteiger partial charge >= 0.3 is 0 Å². The lowest BCUT2D eigenvalue weighted by Gasteiger charge is -2.11.